The van der Waals surface area contributed by atoms with Crippen molar-refractivity contribution in [3.8, 4) is 0 Å². The van der Waals surface area contributed by atoms with Crippen molar-refractivity contribution in [2.45, 2.75) is 45.1 Å². The molecular formula is C15H20N2O4S. The van der Waals surface area contributed by atoms with Crippen LogP contribution in [0.3, 0.4) is 0 Å². The number of aromatic nitrogens is 1. The van der Waals surface area contributed by atoms with Crippen LogP contribution in [0.5, 0.6) is 0 Å². The number of nitrogens with one attached hydrogen (secondary N) is 1. The van der Waals surface area contributed by atoms with Gasteiger partial charge in [0.15, 0.2) is 0 Å². The van der Waals surface area contributed by atoms with Crippen LogP contribution in [0.15, 0.2) is 17.3 Å². The molecule has 1 unspecified atom stereocenters. The minimum absolute atomic E-state index is 0.00490. The molecular weight excluding hydrogens is 304 g/mol. The van der Waals surface area contributed by atoms with Crippen LogP contribution in [-0.2, 0) is 20.7 Å². The molecule has 1 atom stereocenters. The van der Waals surface area contributed by atoms with E-state index in [1.165, 1.54) is 12.0 Å². The SMILES string of the molecule is COC(=O)C(=CC1CCc2scnc21)NC(=O)OC(C)(C)C. The van der Waals surface area contributed by atoms with E-state index >= 15 is 0 Å². The summed E-state index contributed by atoms with van der Waals surface area (Å²) in [4.78, 5) is 29.3. The average molecular weight is 324 g/mol. The molecule has 0 bridgehead atoms. The molecule has 0 radical (unpaired) electrons. The number of thiazole rings is 1. The van der Waals surface area contributed by atoms with Crippen LogP contribution < -0.4 is 5.32 Å². The second-order valence-corrected chi connectivity index (χ2v) is 6.94. The molecule has 0 saturated carbocycles. The summed E-state index contributed by atoms with van der Waals surface area (Å²) in [6.45, 7) is 5.27. The Labute approximate surface area is 133 Å². The number of methoxy groups -OCH3 is 1. The highest BCUT2D eigenvalue weighted by atomic mass is 32.1. The minimum Gasteiger partial charge on any atom is -0.464 e. The predicted octanol–water partition coefficient (Wildman–Crippen LogP) is 2.75. The lowest BCUT2D eigenvalue weighted by Crippen LogP contribution is -2.34. The molecule has 1 heterocycles. The largest absolute Gasteiger partial charge is 0.464 e. The third-order valence-corrected chi connectivity index (χ3v) is 4.02. The molecule has 1 aliphatic carbocycles. The molecule has 0 fully saturated rings. The Kier molecular flexibility index (Phi) is 4.85. The van der Waals surface area contributed by atoms with Crippen molar-refractivity contribution in [2.24, 2.45) is 0 Å². The number of aryl methyl sites for hydroxylation is 1. The van der Waals surface area contributed by atoms with E-state index in [4.69, 9.17) is 9.47 Å². The second-order valence-electron chi connectivity index (χ2n) is 6.00. The van der Waals surface area contributed by atoms with Gasteiger partial charge >= 0.3 is 12.1 Å². The molecule has 7 heteroatoms. The van der Waals surface area contributed by atoms with E-state index in [-0.39, 0.29) is 11.6 Å². The summed E-state index contributed by atoms with van der Waals surface area (Å²) in [5.41, 5.74) is 2.21. The molecule has 0 aromatic carbocycles. The summed E-state index contributed by atoms with van der Waals surface area (Å²) in [5, 5.41) is 2.48. The van der Waals surface area contributed by atoms with Gasteiger partial charge in [0.05, 0.1) is 18.3 Å². The monoisotopic (exact) mass is 324 g/mol. The number of nitrogens with zero attached hydrogens (tertiary/aromatic N) is 1. The zero-order valence-corrected chi connectivity index (χ0v) is 14.0. The summed E-state index contributed by atoms with van der Waals surface area (Å²) in [5.74, 6) is -0.597. The Bertz CT molecular complexity index is 601. The highest BCUT2D eigenvalue weighted by Crippen LogP contribution is 2.35. The van der Waals surface area contributed by atoms with Gasteiger partial charge in [-0.05, 0) is 39.7 Å². The Morgan fingerprint density at radius 2 is 2.18 bits per heavy atom. The van der Waals surface area contributed by atoms with E-state index in [1.807, 2.05) is 0 Å². The topological polar surface area (TPSA) is 77.5 Å². The minimum atomic E-state index is -0.680. The molecule has 1 amide bonds. The number of carbonyl (C=O) groups is 2. The third-order valence-electron chi connectivity index (χ3n) is 3.11. The lowest BCUT2D eigenvalue weighted by molar-refractivity contribution is -0.136. The van der Waals surface area contributed by atoms with Gasteiger partial charge in [-0.15, -0.1) is 11.3 Å². The number of allylic oxidation sites excluding steroid dienone is 1. The highest BCUT2D eigenvalue weighted by molar-refractivity contribution is 7.09. The van der Waals surface area contributed by atoms with Crippen LogP contribution >= 0.6 is 11.3 Å². The molecule has 6 nitrogen and oxygen atoms in total. The zero-order valence-electron chi connectivity index (χ0n) is 13.1. The molecule has 120 valence electrons. The van der Waals surface area contributed by atoms with E-state index in [0.717, 1.165) is 18.5 Å². The van der Waals surface area contributed by atoms with Crippen LogP contribution in [0.25, 0.3) is 0 Å². The molecule has 0 spiro atoms. The first-order chi connectivity index (χ1) is 10.3. The van der Waals surface area contributed by atoms with E-state index in [9.17, 15) is 9.59 Å². The first-order valence-corrected chi connectivity index (χ1v) is 7.90. The van der Waals surface area contributed by atoms with Crippen molar-refractivity contribution < 1.29 is 19.1 Å². The van der Waals surface area contributed by atoms with Gasteiger partial charge in [0.2, 0.25) is 0 Å². The second kappa shape index (κ2) is 6.48. The lowest BCUT2D eigenvalue weighted by atomic mass is 10.1. The Hall–Kier alpha value is -1.89. The van der Waals surface area contributed by atoms with Crippen molar-refractivity contribution in [1.82, 2.24) is 10.3 Å². The van der Waals surface area contributed by atoms with E-state index in [1.54, 1.807) is 43.7 Å². The summed E-state index contributed by atoms with van der Waals surface area (Å²) >= 11 is 1.61. The number of fused-ring (bicyclic) bond motifs is 1. The first kappa shape index (κ1) is 16.5. The van der Waals surface area contributed by atoms with Crippen LogP contribution in [0.1, 0.15) is 43.7 Å². The van der Waals surface area contributed by atoms with E-state index in [0.29, 0.717) is 0 Å². The van der Waals surface area contributed by atoms with Crippen molar-refractivity contribution in [2.75, 3.05) is 7.11 Å². The lowest BCUT2D eigenvalue weighted by Gasteiger charge is -2.20. The van der Waals surface area contributed by atoms with Crippen molar-refractivity contribution >= 4 is 23.4 Å². The number of hydrogen-bond donors (Lipinski definition) is 1. The van der Waals surface area contributed by atoms with Gasteiger partial charge in [0.1, 0.15) is 11.3 Å². The van der Waals surface area contributed by atoms with Gasteiger partial charge in [0, 0.05) is 10.8 Å². The van der Waals surface area contributed by atoms with Gasteiger partial charge in [-0.1, -0.05) is 0 Å². The van der Waals surface area contributed by atoms with Crippen molar-refractivity contribution in [3.05, 3.63) is 27.9 Å². The fourth-order valence-corrected chi connectivity index (χ4v) is 3.09. The fourth-order valence-electron chi connectivity index (χ4n) is 2.24. The summed E-state index contributed by atoms with van der Waals surface area (Å²) in [7, 11) is 1.27. The van der Waals surface area contributed by atoms with Crippen LogP contribution in [-0.4, -0.2) is 29.8 Å². The summed E-state index contributed by atoms with van der Waals surface area (Å²) in [6.07, 6.45) is 2.81. The standard InChI is InChI=1S/C15H20N2O4S/c1-15(2,3)21-14(19)17-10(13(18)20-4)7-9-5-6-11-12(9)16-8-22-11/h7-9H,5-6H2,1-4H3,(H,17,19). The fraction of sp³-hybridized carbons (Fsp3) is 0.533. The molecule has 1 aromatic rings. The van der Waals surface area contributed by atoms with Crippen molar-refractivity contribution in [3.63, 3.8) is 0 Å². The van der Waals surface area contributed by atoms with Crippen LogP contribution in [0.4, 0.5) is 4.79 Å². The maximum absolute atomic E-state index is 11.9. The number of alkyl carbamates (subject to hydrolysis) is 1. The zero-order chi connectivity index (χ0) is 16.3. The number of carbonyl (C=O) groups excluding carboxylic acids is 2. The average Bonchev–Trinajstić information content (AvgIpc) is 2.99. The smallest absolute Gasteiger partial charge is 0.412 e. The number of esters is 1. The molecule has 22 heavy (non-hydrogen) atoms. The number of rotatable bonds is 3. The normalized spacial score (nSPS) is 17.8. The van der Waals surface area contributed by atoms with Gasteiger partial charge in [-0.25, -0.2) is 14.6 Å². The third kappa shape index (κ3) is 4.07. The van der Waals surface area contributed by atoms with Crippen LogP contribution in [0, 0.1) is 0 Å². The molecule has 0 saturated heterocycles. The highest BCUT2D eigenvalue weighted by Gasteiger charge is 2.27. The predicted molar refractivity (Wildman–Crippen MR) is 82.6 cm³/mol. The van der Waals surface area contributed by atoms with E-state index in [2.05, 4.69) is 10.3 Å². The summed E-state index contributed by atoms with van der Waals surface area (Å²) < 4.78 is 9.90. The van der Waals surface area contributed by atoms with E-state index < -0.39 is 17.7 Å². The van der Waals surface area contributed by atoms with Gasteiger partial charge in [0.25, 0.3) is 0 Å². The van der Waals surface area contributed by atoms with Gasteiger partial charge in [-0.2, -0.15) is 0 Å². The van der Waals surface area contributed by atoms with Gasteiger partial charge in [-0.3, -0.25) is 5.32 Å². The number of amides is 1. The van der Waals surface area contributed by atoms with Crippen LogP contribution in [0.2, 0.25) is 0 Å². The quantitative estimate of drug-likeness (QED) is 0.683. The molecule has 1 N–H and O–H groups in total. The molecule has 0 aliphatic heterocycles. The Morgan fingerprint density at radius 1 is 1.45 bits per heavy atom. The maximum atomic E-state index is 11.9. The molecule has 2 rings (SSSR count). The Balaban J connectivity index is 2.15. The van der Waals surface area contributed by atoms with Crippen molar-refractivity contribution in [1.29, 1.82) is 0 Å². The molecule has 1 aromatic heterocycles. The molecule has 1 aliphatic rings. The first-order valence-electron chi connectivity index (χ1n) is 7.02. The van der Waals surface area contributed by atoms with Gasteiger partial charge < -0.3 is 9.47 Å². The summed E-state index contributed by atoms with van der Waals surface area (Å²) in [6, 6.07) is 0. The maximum Gasteiger partial charge on any atom is 0.412 e. The Morgan fingerprint density at radius 3 is 2.82 bits per heavy atom. The number of ether oxygens (including phenoxy) is 2. The number of hydrogen-bond acceptors (Lipinski definition) is 6.